The van der Waals surface area contributed by atoms with Crippen LogP contribution in [0.25, 0.3) is 0 Å². The highest BCUT2D eigenvalue weighted by Crippen LogP contribution is 1.99. The molecule has 82 valence electrons. The van der Waals surface area contributed by atoms with Gasteiger partial charge in [0.2, 0.25) is 5.91 Å². The van der Waals surface area contributed by atoms with Crippen molar-refractivity contribution in [1.82, 2.24) is 5.32 Å². The zero-order valence-corrected chi connectivity index (χ0v) is 9.43. The van der Waals surface area contributed by atoms with Gasteiger partial charge in [-0.05, 0) is 12.3 Å². The molecule has 6 heteroatoms. The summed E-state index contributed by atoms with van der Waals surface area (Å²) in [5.41, 5.74) is 5.31. The molecule has 5 nitrogen and oxygen atoms in total. The third kappa shape index (κ3) is 7.72. The Labute approximate surface area is 88.7 Å². The molecule has 0 unspecified atom stereocenters. The summed E-state index contributed by atoms with van der Waals surface area (Å²) in [5, 5.41) is 6.25. The van der Waals surface area contributed by atoms with Crippen molar-refractivity contribution in [2.75, 3.05) is 12.3 Å². The van der Waals surface area contributed by atoms with E-state index in [-0.39, 0.29) is 16.8 Å². The molecule has 0 atom stereocenters. The van der Waals surface area contributed by atoms with Crippen molar-refractivity contribution >= 4 is 22.8 Å². The van der Waals surface area contributed by atoms with Gasteiger partial charge in [-0.2, -0.15) is 5.10 Å². The highest BCUT2D eigenvalue weighted by Gasteiger charge is 2.03. The molecule has 0 radical (unpaired) electrons. The average molecular weight is 218 g/mol. The fraction of sp³-hybridized carbons (Fsp3) is 0.750. The molecule has 0 aliphatic heterocycles. The number of amidine groups is 1. The summed E-state index contributed by atoms with van der Waals surface area (Å²) in [4.78, 5) is 11.2. The average Bonchev–Trinajstić information content (AvgIpc) is 2.13. The van der Waals surface area contributed by atoms with Crippen molar-refractivity contribution in [2.45, 2.75) is 20.3 Å². The van der Waals surface area contributed by atoms with Gasteiger partial charge in [-0.1, -0.05) is 25.6 Å². The van der Waals surface area contributed by atoms with Crippen LogP contribution in [0, 0.1) is 5.92 Å². The largest absolute Gasteiger partial charge is 0.377 e. The second-order valence-electron chi connectivity index (χ2n) is 3.29. The minimum atomic E-state index is -0.0396. The predicted octanol–water partition coefficient (Wildman–Crippen LogP) is 0.0703. The minimum absolute atomic E-state index is 0.0396. The lowest BCUT2D eigenvalue weighted by atomic mass is 10.1. The molecule has 5 N–H and O–H groups in total. The molecule has 0 aromatic heterocycles. The lowest BCUT2D eigenvalue weighted by Gasteiger charge is -2.06. The van der Waals surface area contributed by atoms with Gasteiger partial charge in [0.1, 0.15) is 0 Å². The van der Waals surface area contributed by atoms with Crippen LogP contribution in [0.5, 0.6) is 0 Å². The first-order chi connectivity index (χ1) is 6.56. The van der Waals surface area contributed by atoms with Crippen LogP contribution in [0.3, 0.4) is 0 Å². The summed E-state index contributed by atoms with van der Waals surface area (Å²) in [5.74, 6) is 5.73. The van der Waals surface area contributed by atoms with Crippen molar-refractivity contribution in [3.63, 3.8) is 0 Å². The van der Waals surface area contributed by atoms with Gasteiger partial charge >= 0.3 is 0 Å². The zero-order chi connectivity index (χ0) is 11.0. The van der Waals surface area contributed by atoms with Crippen LogP contribution in [-0.2, 0) is 4.79 Å². The number of carbonyl (C=O) groups is 1. The minimum Gasteiger partial charge on any atom is -0.377 e. The topological polar surface area (TPSA) is 93.5 Å². The monoisotopic (exact) mass is 218 g/mol. The summed E-state index contributed by atoms with van der Waals surface area (Å²) < 4.78 is 0. The van der Waals surface area contributed by atoms with Crippen LogP contribution in [0.4, 0.5) is 0 Å². The second-order valence-corrected chi connectivity index (χ2v) is 4.28. The molecule has 0 saturated heterocycles. The van der Waals surface area contributed by atoms with E-state index in [1.807, 2.05) is 0 Å². The van der Waals surface area contributed by atoms with Crippen LogP contribution < -0.4 is 16.9 Å². The maximum Gasteiger partial charge on any atom is 0.230 e. The number of amides is 1. The van der Waals surface area contributed by atoms with Gasteiger partial charge in [-0.3, -0.25) is 4.79 Å². The molecule has 14 heavy (non-hydrogen) atoms. The van der Waals surface area contributed by atoms with E-state index in [1.54, 1.807) is 0 Å². The first-order valence-corrected chi connectivity index (χ1v) is 5.47. The van der Waals surface area contributed by atoms with Gasteiger partial charge in [-0.15, -0.1) is 0 Å². The lowest BCUT2D eigenvalue weighted by molar-refractivity contribution is -0.118. The number of nitrogens with zero attached hydrogens (tertiary/aromatic N) is 1. The quantitative estimate of drug-likeness (QED) is 0.263. The number of hydrogen-bond donors (Lipinski definition) is 3. The van der Waals surface area contributed by atoms with E-state index in [0.29, 0.717) is 12.5 Å². The maximum atomic E-state index is 11.2. The standard InChI is InChI=1S/C8H18N4OS/c1-6(2)3-4-11-7(13)5-14-8(9)12-10/h6H,3-5,10H2,1-2H3,(H2,9,12)(H,11,13). The van der Waals surface area contributed by atoms with Gasteiger partial charge in [0.25, 0.3) is 0 Å². The molecular weight excluding hydrogens is 200 g/mol. The van der Waals surface area contributed by atoms with Gasteiger partial charge in [0, 0.05) is 6.54 Å². The van der Waals surface area contributed by atoms with Crippen LogP contribution >= 0.6 is 11.8 Å². The van der Waals surface area contributed by atoms with Gasteiger partial charge in [0.05, 0.1) is 5.75 Å². The van der Waals surface area contributed by atoms with Crippen molar-refractivity contribution in [1.29, 1.82) is 0 Å². The Hall–Kier alpha value is -0.910. The van der Waals surface area contributed by atoms with E-state index in [2.05, 4.69) is 24.3 Å². The normalized spacial score (nSPS) is 11.8. The number of nitrogens with two attached hydrogens (primary N) is 2. The number of hydrazone groups is 1. The van der Waals surface area contributed by atoms with Crippen molar-refractivity contribution in [3.8, 4) is 0 Å². The molecule has 0 aliphatic rings. The maximum absolute atomic E-state index is 11.2. The predicted molar refractivity (Wildman–Crippen MR) is 60.7 cm³/mol. The van der Waals surface area contributed by atoms with Gasteiger partial charge < -0.3 is 16.9 Å². The fourth-order valence-corrected chi connectivity index (χ4v) is 1.18. The first kappa shape index (κ1) is 13.1. The fourth-order valence-electron chi connectivity index (χ4n) is 0.728. The molecule has 0 saturated carbocycles. The molecular formula is C8H18N4OS. The summed E-state index contributed by atoms with van der Waals surface area (Å²) in [6, 6.07) is 0. The second kappa shape index (κ2) is 7.49. The van der Waals surface area contributed by atoms with Crippen molar-refractivity contribution < 1.29 is 4.79 Å². The number of thioether (sulfide) groups is 1. The Morgan fingerprint density at radius 1 is 1.57 bits per heavy atom. The summed E-state index contributed by atoms with van der Waals surface area (Å²) in [6.45, 7) is 4.93. The molecule has 1 amide bonds. The molecule has 0 fully saturated rings. The number of carbonyl (C=O) groups excluding carboxylic acids is 1. The SMILES string of the molecule is CC(C)CCNC(=O)CSC(N)=NN. The summed E-state index contributed by atoms with van der Waals surface area (Å²) in [6.07, 6.45) is 0.983. The van der Waals surface area contributed by atoms with Gasteiger partial charge in [-0.25, -0.2) is 0 Å². The van der Waals surface area contributed by atoms with Crippen LogP contribution in [0.1, 0.15) is 20.3 Å². The van der Waals surface area contributed by atoms with E-state index in [4.69, 9.17) is 11.6 Å². The zero-order valence-electron chi connectivity index (χ0n) is 8.62. The Morgan fingerprint density at radius 2 is 2.21 bits per heavy atom. The number of nitrogens with one attached hydrogen (secondary N) is 1. The summed E-state index contributed by atoms with van der Waals surface area (Å²) in [7, 11) is 0. The molecule has 0 aromatic carbocycles. The molecule has 0 heterocycles. The smallest absolute Gasteiger partial charge is 0.230 e. The van der Waals surface area contributed by atoms with E-state index >= 15 is 0 Å². The van der Waals surface area contributed by atoms with E-state index in [1.165, 1.54) is 0 Å². The molecule has 0 aliphatic carbocycles. The third-order valence-electron chi connectivity index (χ3n) is 1.52. The highest BCUT2D eigenvalue weighted by atomic mass is 32.2. The van der Waals surface area contributed by atoms with Crippen LogP contribution in [0.15, 0.2) is 5.10 Å². The Morgan fingerprint density at radius 3 is 2.71 bits per heavy atom. The van der Waals surface area contributed by atoms with Crippen LogP contribution in [0.2, 0.25) is 0 Å². The third-order valence-corrected chi connectivity index (χ3v) is 2.33. The highest BCUT2D eigenvalue weighted by molar-refractivity contribution is 8.14. The van der Waals surface area contributed by atoms with Crippen molar-refractivity contribution in [3.05, 3.63) is 0 Å². The molecule has 0 bridgehead atoms. The van der Waals surface area contributed by atoms with E-state index in [0.717, 1.165) is 18.2 Å². The molecule has 0 aromatic rings. The molecule has 0 rings (SSSR count). The Kier molecular flexibility index (Phi) is 7.00. The van der Waals surface area contributed by atoms with Crippen molar-refractivity contribution in [2.24, 2.45) is 22.6 Å². The van der Waals surface area contributed by atoms with Crippen LogP contribution in [-0.4, -0.2) is 23.4 Å². The first-order valence-electron chi connectivity index (χ1n) is 4.49. The molecule has 0 spiro atoms. The lowest BCUT2D eigenvalue weighted by Crippen LogP contribution is -2.28. The Bertz CT molecular complexity index is 206. The summed E-state index contributed by atoms with van der Waals surface area (Å²) >= 11 is 1.13. The van der Waals surface area contributed by atoms with E-state index < -0.39 is 0 Å². The van der Waals surface area contributed by atoms with E-state index in [9.17, 15) is 4.79 Å². The number of hydrogen-bond acceptors (Lipinski definition) is 4. The van der Waals surface area contributed by atoms with Gasteiger partial charge in [0.15, 0.2) is 5.17 Å². The number of rotatable bonds is 5. The Balaban J connectivity index is 3.47.